The first kappa shape index (κ1) is 13.9. The van der Waals surface area contributed by atoms with E-state index in [-0.39, 0.29) is 5.78 Å². The van der Waals surface area contributed by atoms with Crippen molar-refractivity contribution in [1.29, 1.82) is 0 Å². The SMILES string of the molecule is Cc1ccc2ccc(C(=O)CC3CN4CCC3CC4)cc2n1. The molecule has 1 atom stereocenters. The van der Waals surface area contributed by atoms with Crippen molar-refractivity contribution in [1.82, 2.24) is 9.88 Å². The molecule has 1 aromatic carbocycles. The van der Waals surface area contributed by atoms with E-state index in [2.05, 4.69) is 16.0 Å². The first-order valence-corrected chi connectivity index (χ1v) is 8.32. The summed E-state index contributed by atoms with van der Waals surface area (Å²) in [6, 6.07) is 10.0. The molecule has 22 heavy (non-hydrogen) atoms. The van der Waals surface area contributed by atoms with Crippen LogP contribution in [0.15, 0.2) is 30.3 Å². The van der Waals surface area contributed by atoms with Crippen LogP contribution in [0.2, 0.25) is 0 Å². The van der Waals surface area contributed by atoms with E-state index in [0.717, 1.165) is 34.6 Å². The lowest BCUT2D eigenvalue weighted by Gasteiger charge is -2.44. The van der Waals surface area contributed by atoms with E-state index in [9.17, 15) is 4.79 Å². The molecule has 3 saturated heterocycles. The number of ketones is 1. The molecule has 0 N–H and O–H groups in total. The predicted molar refractivity (Wildman–Crippen MR) is 88.1 cm³/mol. The molecule has 1 aromatic heterocycles. The maximum atomic E-state index is 12.7. The molecule has 114 valence electrons. The molecule has 2 aromatic rings. The first-order chi connectivity index (χ1) is 10.7. The fraction of sp³-hybridized carbons (Fsp3) is 0.474. The molecule has 0 spiro atoms. The van der Waals surface area contributed by atoms with Crippen molar-refractivity contribution in [2.75, 3.05) is 19.6 Å². The Hall–Kier alpha value is -1.74. The summed E-state index contributed by atoms with van der Waals surface area (Å²) in [4.78, 5) is 19.7. The number of benzene rings is 1. The number of hydrogen-bond donors (Lipinski definition) is 0. The van der Waals surface area contributed by atoms with Crippen molar-refractivity contribution >= 4 is 16.7 Å². The van der Waals surface area contributed by atoms with Gasteiger partial charge in [0.2, 0.25) is 0 Å². The fourth-order valence-corrected chi connectivity index (χ4v) is 4.07. The Morgan fingerprint density at radius 1 is 1.23 bits per heavy atom. The molecular weight excluding hydrogens is 272 g/mol. The molecule has 1 unspecified atom stereocenters. The van der Waals surface area contributed by atoms with Gasteiger partial charge in [-0.25, -0.2) is 0 Å². The molecule has 3 nitrogen and oxygen atoms in total. The second-order valence-corrected chi connectivity index (χ2v) is 6.89. The number of carbonyl (C=O) groups excluding carboxylic acids is 1. The van der Waals surface area contributed by atoms with Crippen molar-refractivity contribution in [2.45, 2.75) is 26.2 Å². The van der Waals surface area contributed by atoms with E-state index < -0.39 is 0 Å². The minimum Gasteiger partial charge on any atom is -0.303 e. The molecule has 4 heterocycles. The zero-order chi connectivity index (χ0) is 15.1. The van der Waals surface area contributed by atoms with E-state index in [4.69, 9.17) is 0 Å². The van der Waals surface area contributed by atoms with Crippen LogP contribution in [0.1, 0.15) is 35.3 Å². The molecule has 0 radical (unpaired) electrons. The Labute approximate surface area is 131 Å². The van der Waals surface area contributed by atoms with Crippen molar-refractivity contribution in [3.8, 4) is 0 Å². The number of fused-ring (bicyclic) bond motifs is 4. The van der Waals surface area contributed by atoms with Crippen LogP contribution in [0.25, 0.3) is 10.9 Å². The van der Waals surface area contributed by atoms with Crippen LogP contribution in [-0.2, 0) is 0 Å². The van der Waals surface area contributed by atoms with Gasteiger partial charge in [-0.05, 0) is 56.8 Å². The van der Waals surface area contributed by atoms with Gasteiger partial charge in [0.05, 0.1) is 5.52 Å². The standard InChI is InChI=1S/C19H22N2O/c1-13-2-3-15-4-5-16(10-18(15)20-13)19(22)11-17-12-21-8-6-14(17)7-9-21/h2-5,10,14,17H,6-9,11-12H2,1H3. The van der Waals surface area contributed by atoms with Crippen molar-refractivity contribution in [2.24, 2.45) is 11.8 Å². The van der Waals surface area contributed by atoms with Gasteiger partial charge in [0.15, 0.2) is 5.78 Å². The van der Waals surface area contributed by atoms with Gasteiger partial charge in [0.25, 0.3) is 0 Å². The minimum atomic E-state index is 0.281. The van der Waals surface area contributed by atoms with Crippen LogP contribution in [0.5, 0.6) is 0 Å². The lowest BCUT2D eigenvalue weighted by Crippen LogP contribution is -2.47. The Morgan fingerprint density at radius 3 is 2.73 bits per heavy atom. The Bertz CT molecular complexity index is 716. The predicted octanol–water partition coefficient (Wildman–Crippen LogP) is 3.46. The van der Waals surface area contributed by atoms with Crippen molar-refractivity contribution in [3.05, 3.63) is 41.6 Å². The van der Waals surface area contributed by atoms with Crippen LogP contribution in [0.4, 0.5) is 0 Å². The van der Waals surface area contributed by atoms with Crippen molar-refractivity contribution < 1.29 is 4.79 Å². The number of nitrogens with zero attached hydrogens (tertiary/aromatic N) is 2. The van der Waals surface area contributed by atoms with Gasteiger partial charge in [-0.2, -0.15) is 0 Å². The zero-order valence-corrected chi connectivity index (χ0v) is 13.1. The molecule has 3 aliphatic rings. The summed E-state index contributed by atoms with van der Waals surface area (Å²) in [6.07, 6.45) is 3.24. The average molecular weight is 294 g/mol. The van der Waals surface area contributed by atoms with Gasteiger partial charge in [-0.3, -0.25) is 9.78 Å². The summed E-state index contributed by atoms with van der Waals surface area (Å²) in [5, 5.41) is 1.10. The minimum absolute atomic E-state index is 0.281. The van der Waals surface area contributed by atoms with Crippen LogP contribution in [0, 0.1) is 18.8 Å². The highest BCUT2D eigenvalue weighted by molar-refractivity contribution is 5.99. The van der Waals surface area contributed by atoms with E-state index >= 15 is 0 Å². The second kappa shape index (κ2) is 5.47. The van der Waals surface area contributed by atoms with Crippen LogP contribution in [0.3, 0.4) is 0 Å². The lowest BCUT2D eigenvalue weighted by atomic mass is 9.76. The quantitative estimate of drug-likeness (QED) is 0.813. The number of aryl methyl sites for hydroxylation is 1. The summed E-state index contributed by atoms with van der Waals surface area (Å²) in [6.45, 7) is 5.56. The maximum Gasteiger partial charge on any atom is 0.163 e. The maximum absolute atomic E-state index is 12.7. The molecule has 3 heteroatoms. The van der Waals surface area contributed by atoms with Gasteiger partial charge >= 0.3 is 0 Å². The van der Waals surface area contributed by atoms with Gasteiger partial charge < -0.3 is 4.90 Å². The third-order valence-corrected chi connectivity index (χ3v) is 5.39. The molecule has 2 bridgehead atoms. The van der Waals surface area contributed by atoms with E-state index in [1.165, 1.54) is 25.9 Å². The molecule has 0 saturated carbocycles. The average Bonchev–Trinajstić information content (AvgIpc) is 2.55. The summed E-state index contributed by atoms with van der Waals surface area (Å²) in [5.74, 6) is 1.59. The topological polar surface area (TPSA) is 33.2 Å². The Kier molecular flexibility index (Phi) is 3.45. The Morgan fingerprint density at radius 2 is 2.00 bits per heavy atom. The van der Waals surface area contributed by atoms with Crippen LogP contribution >= 0.6 is 0 Å². The number of hydrogen-bond acceptors (Lipinski definition) is 3. The smallest absolute Gasteiger partial charge is 0.163 e. The normalized spacial score (nSPS) is 27.2. The highest BCUT2D eigenvalue weighted by Gasteiger charge is 2.35. The van der Waals surface area contributed by atoms with Gasteiger partial charge in [-0.1, -0.05) is 18.2 Å². The van der Waals surface area contributed by atoms with Gasteiger partial charge in [0.1, 0.15) is 0 Å². The fourth-order valence-electron chi connectivity index (χ4n) is 4.07. The molecular formula is C19H22N2O. The van der Waals surface area contributed by atoms with E-state index in [1.54, 1.807) is 0 Å². The van der Waals surface area contributed by atoms with Crippen molar-refractivity contribution in [3.63, 3.8) is 0 Å². The van der Waals surface area contributed by atoms with Gasteiger partial charge in [0, 0.05) is 29.6 Å². The summed E-state index contributed by atoms with van der Waals surface area (Å²) >= 11 is 0. The Balaban J connectivity index is 1.55. The summed E-state index contributed by atoms with van der Waals surface area (Å²) < 4.78 is 0. The zero-order valence-electron chi connectivity index (χ0n) is 13.1. The van der Waals surface area contributed by atoms with Crippen LogP contribution in [-0.4, -0.2) is 35.3 Å². The van der Waals surface area contributed by atoms with E-state index in [0.29, 0.717) is 12.3 Å². The molecule has 0 aliphatic carbocycles. The number of carbonyl (C=O) groups is 1. The number of aromatic nitrogens is 1. The molecule has 3 fully saturated rings. The second-order valence-electron chi connectivity index (χ2n) is 6.89. The third-order valence-electron chi connectivity index (χ3n) is 5.39. The van der Waals surface area contributed by atoms with E-state index in [1.807, 2.05) is 31.2 Å². The number of piperidine rings is 3. The molecule has 5 rings (SSSR count). The first-order valence-electron chi connectivity index (χ1n) is 8.32. The number of pyridine rings is 1. The molecule has 0 amide bonds. The van der Waals surface area contributed by atoms with Gasteiger partial charge in [-0.15, -0.1) is 0 Å². The lowest BCUT2D eigenvalue weighted by molar-refractivity contribution is 0.0441. The highest BCUT2D eigenvalue weighted by Crippen LogP contribution is 2.35. The number of Topliss-reactive ketones (excluding diaryl/α,β-unsaturated/α-hetero) is 1. The summed E-state index contributed by atoms with van der Waals surface area (Å²) in [7, 11) is 0. The third kappa shape index (κ3) is 2.54. The highest BCUT2D eigenvalue weighted by atomic mass is 16.1. The largest absolute Gasteiger partial charge is 0.303 e. The summed E-state index contributed by atoms with van der Waals surface area (Å²) in [5.41, 5.74) is 2.75. The number of rotatable bonds is 3. The molecule has 3 aliphatic heterocycles. The monoisotopic (exact) mass is 294 g/mol. The van der Waals surface area contributed by atoms with Crippen LogP contribution < -0.4 is 0 Å².